The summed E-state index contributed by atoms with van der Waals surface area (Å²) >= 11 is 0. The summed E-state index contributed by atoms with van der Waals surface area (Å²) < 4.78 is 33.6. The fraction of sp³-hybridized carbons (Fsp3) is 0.647. The topological polar surface area (TPSA) is 46.6 Å². The molecule has 1 aliphatic heterocycles. The van der Waals surface area contributed by atoms with Gasteiger partial charge in [0.2, 0.25) is 10.0 Å². The Bertz CT molecular complexity index is 550. The molecule has 1 aromatic rings. The third kappa shape index (κ3) is 3.70. The number of sulfonamides is 1. The maximum absolute atomic E-state index is 13.1. The van der Waals surface area contributed by atoms with Gasteiger partial charge in [0.25, 0.3) is 0 Å². The van der Waals surface area contributed by atoms with Crippen LogP contribution in [-0.2, 0) is 14.8 Å². The summed E-state index contributed by atoms with van der Waals surface area (Å²) in [6.07, 6.45) is 4.25. The Kier molecular flexibility index (Phi) is 6.01. The number of aryl methyl sites for hydroxylation is 1. The van der Waals surface area contributed by atoms with Gasteiger partial charge in [0.05, 0.1) is 4.90 Å². The van der Waals surface area contributed by atoms with E-state index in [0.29, 0.717) is 11.5 Å². The molecule has 0 aromatic heterocycles. The second-order valence-electron chi connectivity index (χ2n) is 5.93. The third-order valence-corrected chi connectivity index (χ3v) is 6.17. The number of hydrogen-bond acceptors (Lipinski definition) is 3. The number of benzene rings is 1. The average Bonchev–Trinajstić information content (AvgIpc) is 2.48. The first-order chi connectivity index (χ1) is 10.5. The lowest BCUT2D eigenvalue weighted by Gasteiger charge is -2.40. The normalized spacial score (nSPS) is 23.6. The summed E-state index contributed by atoms with van der Waals surface area (Å²) in [6, 6.07) is 7.14. The van der Waals surface area contributed by atoms with Crippen LogP contribution < -0.4 is 0 Å². The van der Waals surface area contributed by atoms with Gasteiger partial charge in [0.1, 0.15) is 6.23 Å². The Morgan fingerprint density at radius 3 is 2.45 bits per heavy atom. The van der Waals surface area contributed by atoms with Crippen LogP contribution in [0.15, 0.2) is 29.2 Å². The van der Waals surface area contributed by atoms with E-state index in [0.717, 1.165) is 37.7 Å². The van der Waals surface area contributed by atoms with E-state index in [2.05, 4.69) is 6.92 Å². The van der Waals surface area contributed by atoms with Crippen molar-refractivity contribution in [3.63, 3.8) is 0 Å². The first kappa shape index (κ1) is 17.4. The first-order valence-corrected chi connectivity index (χ1v) is 9.66. The number of nitrogens with zero attached hydrogens (tertiary/aromatic N) is 1. The van der Waals surface area contributed by atoms with Crippen LogP contribution in [0.25, 0.3) is 0 Å². The summed E-state index contributed by atoms with van der Waals surface area (Å²) in [7, 11) is -3.51. The van der Waals surface area contributed by atoms with Gasteiger partial charge in [-0.15, -0.1) is 0 Å². The van der Waals surface area contributed by atoms with Crippen LogP contribution in [0, 0.1) is 6.92 Å². The molecule has 1 aromatic carbocycles. The van der Waals surface area contributed by atoms with Crippen LogP contribution in [0.5, 0.6) is 0 Å². The molecule has 2 unspecified atom stereocenters. The molecule has 2 atom stereocenters. The molecule has 0 aliphatic carbocycles. The minimum atomic E-state index is -3.51. The smallest absolute Gasteiger partial charge is 0.245 e. The van der Waals surface area contributed by atoms with E-state index in [1.807, 2.05) is 26.0 Å². The van der Waals surface area contributed by atoms with Crippen LogP contribution in [0.3, 0.4) is 0 Å². The van der Waals surface area contributed by atoms with Gasteiger partial charge < -0.3 is 4.74 Å². The van der Waals surface area contributed by atoms with Crippen molar-refractivity contribution >= 4 is 10.0 Å². The molecule has 0 amide bonds. The Balaban J connectivity index is 2.38. The van der Waals surface area contributed by atoms with Crippen LogP contribution in [0.4, 0.5) is 0 Å². The summed E-state index contributed by atoms with van der Waals surface area (Å²) in [5.74, 6) is 0. The van der Waals surface area contributed by atoms with Crippen LogP contribution in [0.1, 0.15) is 51.5 Å². The minimum Gasteiger partial charge on any atom is -0.362 e. The lowest BCUT2D eigenvalue weighted by molar-refractivity contribution is -0.0546. The van der Waals surface area contributed by atoms with Crippen molar-refractivity contribution in [3.05, 3.63) is 29.8 Å². The van der Waals surface area contributed by atoms with E-state index >= 15 is 0 Å². The molecule has 0 saturated carbocycles. The van der Waals surface area contributed by atoms with Crippen molar-refractivity contribution in [2.75, 3.05) is 6.61 Å². The van der Waals surface area contributed by atoms with Crippen molar-refractivity contribution in [1.82, 2.24) is 4.31 Å². The molecule has 1 aliphatic rings. The van der Waals surface area contributed by atoms with Crippen molar-refractivity contribution in [3.8, 4) is 0 Å². The van der Waals surface area contributed by atoms with Gasteiger partial charge in [-0.1, -0.05) is 31.0 Å². The van der Waals surface area contributed by atoms with Crippen molar-refractivity contribution < 1.29 is 13.2 Å². The predicted octanol–water partition coefficient (Wildman–Crippen LogP) is 3.70. The standard InChI is InChI=1S/C17H27NO3S/c1-4-7-15-8-6-9-17(21-5-2)18(15)22(19,20)16-12-10-14(3)11-13-16/h10-13,15,17H,4-9H2,1-3H3. The molecule has 0 N–H and O–H groups in total. The molecule has 2 rings (SSSR count). The molecular weight excluding hydrogens is 298 g/mol. The molecule has 0 spiro atoms. The summed E-state index contributed by atoms with van der Waals surface area (Å²) in [5.41, 5.74) is 1.06. The van der Waals surface area contributed by atoms with E-state index in [9.17, 15) is 8.42 Å². The Morgan fingerprint density at radius 2 is 1.86 bits per heavy atom. The third-order valence-electron chi connectivity index (χ3n) is 4.21. The second kappa shape index (κ2) is 7.57. The fourth-order valence-corrected chi connectivity index (χ4v) is 4.96. The maximum atomic E-state index is 13.1. The minimum absolute atomic E-state index is 0.0432. The molecule has 0 radical (unpaired) electrons. The number of hydrogen-bond donors (Lipinski definition) is 0. The molecule has 22 heavy (non-hydrogen) atoms. The Labute approximate surface area is 134 Å². The zero-order valence-electron chi connectivity index (χ0n) is 13.8. The summed E-state index contributed by atoms with van der Waals surface area (Å²) in [4.78, 5) is 0.366. The highest BCUT2D eigenvalue weighted by Gasteiger charge is 2.39. The maximum Gasteiger partial charge on any atom is 0.245 e. The molecule has 4 nitrogen and oxygen atoms in total. The lowest BCUT2D eigenvalue weighted by atomic mass is 10.00. The Morgan fingerprint density at radius 1 is 1.18 bits per heavy atom. The van der Waals surface area contributed by atoms with Gasteiger partial charge in [-0.25, -0.2) is 8.42 Å². The van der Waals surface area contributed by atoms with E-state index in [1.54, 1.807) is 16.4 Å². The highest BCUT2D eigenvalue weighted by Crippen LogP contribution is 2.32. The molecule has 0 bridgehead atoms. The zero-order valence-corrected chi connectivity index (χ0v) is 14.6. The van der Waals surface area contributed by atoms with Crippen LogP contribution >= 0.6 is 0 Å². The number of ether oxygens (including phenoxy) is 1. The highest BCUT2D eigenvalue weighted by atomic mass is 32.2. The van der Waals surface area contributed by atoms with Gasteiger partial charge in [0.15, 0.2) is 0 Å². The predicted molar refractivity (Wildman–Crippen MR) is 88.2 cm³/mol. The summed E-state index contributed by atoms with van der Waals surface area (Å²) in [6.45, 7) is 6.50. The number of piperidine rings is 1. The molecular formula is C17H27NO3S. The van der Waals surface area contributed by atoms with E-state index in [1.165, 1.54) is 0 Å². The Hall–Kier alpha value is -0.910. The lowest BCUT2D eigenvalue weighted by Crippen LogP contribution is -2.51. The first-order valence-electron chi connectivity index (χ1n) is 8.22. The van der Waals surface area contributed by atoms with E-state index in [4.69, 9.17) is 4.74 Å². The fourth-order valence-electron chi connectivity index (χ4n) is 3.15. The van der Waals surface area contributed by atoms with Gasteiger partial charge in [-0.05, 0) is 51.7 Å². The summed E-state index contributed by atoms with van der Waals surface area (Å²) in [5, 5.41) is 0. The quantitative estimate of drug-likeness (QED) is 0.801. The number of rotatable bonds is 6. The molecule has 1 heterocycles. The van der Waals surface area contributed by atoms with Crippen molar-refractivity contribution in [1.29, 1.82) is 0 Å². The second-order valence-corrected chi connectivity index (χ2v) is 7.77. The van der Waals surface area contributed by atoms with E-state index < -0.39 is 10.0 Å². The molecule has 1 fully saturated rings. The largest absolute Gasteiger partial charge is 0.362 e. The van der Waals surface area contributed by atoms with Gasteiger partial charge in [-0.2, -0.15) is 4.31 Å². The average molecular weight is 325 g/mol. The van der Waals surface area contributed by atoms with Gasteiger partial charge in [-0.3, -0.25) is 0 Å². The zero-order chi connectivity index (χ0) is 16.2. The monoisotopic (exact) mass is 325 g/mol. The van der Waals surface area contributed by atoms with Crippen molar-refractivity contribution in [2.24, 2.45) is 0 Å². The van der Waals surface area contributed by atoms with Gasteiger partial charge in [0, 0.05) is 12.6 Å². The van der Waals surface area contributed by atoms with Gasteiger partial charge >= 0.3 is 0 Å². The molecule has 1 saturated heterocycles. The molecule has 124 valence electrons. The van der Waals surface area contributed by atoms with Crippen molar-refractivity contribution in [2.45, 2.75) is 70.0 Å². The van der Waals surface area contributed by atoms with E-state index in [-0.39, 0.29) is 12.3 Å². The highest BCUT2D eigenvalue weighted by molar-refractivity contribution is 7.89. The molecule has 5 heteroatoms. The van der Waals surface area contributed by atoms with Crippen LogP contribution in [-0.4, -0.2) is 31.6 Å². The SMILES string of the molecule is CCCC1CCCC(OCC)N1S(=O)(=O)c1ccc(C)cc1. The van der Waals surface area contributed by atoms with Crippen LogP contribution in [0.2, 0.25) is 0 Å².